The van der Waals surface area contributed by atoms with Gasteiger partial charge < -0.3 is 4.57 Å². The van der Waals surface area contributed by atoms with Gasteiger partial charge >= 0.3 is 0 Å². The number of hydrogen-bond donors (Lipinski definition) is 0. The lowest BCUT2D eigenvalue weighted by molar-refractivity contribution is -0.384. The quantitative estimate of drug-likeness (QED) is 0.292. The van der Waals surface area contributed by atoms with E-state index in [9.17, 15) is 10.1 Å². The van der Waals surface area contributed by atoms with Gasteiger partial charge in [0.15, 0.2) is 0 Å². The van der Waals surface area contributed by atoms with Crippen molar-refractivity contribution >= 4 is 16.6 Å². The van der Waals surface area contributed by atoms with Crippen LogP contribution >= 0.6 is 0 Å². The van der Waals surface area contributed by atoms with Crippen molar-refractivity contribution in [3.63, 3.8) is 0 Å². The molecular formula is C24H16N4O2. The number of imidazole rings is 1. The van der Waals surface area contributed by atoms with Gasteiger partial charge in [0.1, 0.15) is 0 Å². The lowest BCUT2D eigenvalue weighted by Gasteiger charge is -2.11. The molecule has 0 fully saturated rings. The third-order valence-electron chi connectivity index (χ3n) is 5.05. The molecule has 5 rings (SSSR count). The minimum absolute atomic E-state index is 0.0546. The number of rotatable bonds is 4. The molecule has 6 heteroatoms. The molecule has 0 aliphatic heterocycles. The van der Waals surface area contributed by atoms with E-state index < -0.39 is 0 Å². The highest BCUT2D eigenvalue weighted by atomic mass is 16.6. The smallest absolute Gasteiger partial charge is 0.270 e. The maximum Gasteiger partial charge on any atom is 0.270 e. The van der Waals surface area contributed by atoms with Crippen LogP contribution in [0.3, 0.4) is 0 Å². The molecule has 2 heterocycles. The first-order valence-corrected chi connectivity index (χ1v) is 9.42. The van der Waals surface area contributed by atoms with E-state index in [-0.39, 0.29) is 10.6 Å². The van der Waals surface area contributed by atoms with Gasteiger partial charge in [0.2, 0.25) is 0 Å². The highest BCUT2D eigenvalue weighted by Gasteiger charge is 2.14. The van der Waals surface area contributed by atoms with Crippen molar-refractivity contribution in [2.24, 2.45) is 0 Å². The molecule has 30 heavy (non-hydrogen) atoms. The normalized spacial score (nSPS) is 10.9. The van der Waals surface area contributed by atoms with Gasteiger partial charge in [0.05, 0.1) is 22.5 Å². The Morgan fingerprint density at radius 2 is 1.67 bits per heavy atom. The Hall–Kier alpha value is -4.32. The molecule has 0 N–H and O–H groups in total. The minimum atomic E-state index is -0.378. The molecule has 0 bridgehead atoms. The largest absolute Gasteiger partial charge is 0.306 e. The molecule has 5 aromatic rings. The predicted octanol–water partition coefficient (Wildman–Crippen LogP) is 5.66. The molecule has 0 spiro atoms. The van der Waals surface area contributed by atoms with Crippen molar-refractivity contribution in [2.75, 3.05) is 0 Å². The van der Waals surface area contributed by atoms with Crippen LogP contribution in [0.4, 0.5) is 5.69 Å². The Kier molecular flexibility index (Phi) is 4.29. The first kappa shape index (κ1) is 17.8. The van der Waals surface area contributed by atoms with Gasteiger partial charge in [-0.3, -0.25) is 10.1 Å². The summed E-state index contributed by atoms with van der Waals surface area (Å²) in [4.78, 5) is 19.8. The van der Waals surface area contributed by atoms with E-state index in [1.54, 1.807) is 24.7 Å². The lowest BCUT2D eigenvalue weighted by Crippen LogP contribution is -1.93. The average Bonchev–Trinajstić information content (AvgIpc) is 3.33. The van der Waals surface area contributed by atoms with Crippen LogP contribution in [0.15, 0.2) is 97.6 Å². The van der Waals surface area contributed by atoms with Crippen LogP contribution in [-0.2, 0) is 0 Å². The van der Waals surface area contributed by atoms with Gasteiger partial charge in [-0.05, 0) is 35.4 Å². The van der Waals surface area contributed by atoms with Gasteiger partial charge in [0, 0.05) is 41.2 Å². The zero-order valence-electron chi connectivity index (χ0n) is 15.8. The number of non-ortho nitro benzene ring substituents is 1. The summed E-state index contributed by atoms with van der Waals surface area (Å²) in [5.74, 6) is 0. The van der Waals surface area contributed by atoms with Gasteiger partial charge in [-0.1, -0.05) is 42.5 Å². The summed E-state index contributed by atoms with van der Waals surface area (Å²) < 4.78 is 1.94. The summed E-state index contributed by atoms with van der Waals surface area (Å²) >= 11 is 0. The number of nitrogens with zero attached hydrogens (tertiary/aromatic N) is 4. The van der Waals surface area contributed by atoms with Crippen molar-refractivity contribution in [1.82, 2.24) is 14.5 Å². The average molecular weight is 392 g/mol. The maximum absolute atomic E-state index is 11.3. The molecule has 3 aromatic carbocycles. The van der Waals surface area contributed by atoms with Crippen molar-refractivity contribution in [3.8, 4) is 28.1 Å². The molecule has 0 aliphatic carbocycles. The number of pyridine rings is 1. The summed E-state index contributed by atoms with van der Waals surface area (Å²) in [6.07, 6.45) is 5.39. The van der Waals surface area contributed by atoms with Gasteiger partial charge in [-0.25, -0.2) is 9.97 Å². The van der Waals surface area contributed by atoms with E-state index in [2.05, 4.69) is 4.98 Å². The fourth-order valence-electron chi connectivity index (χ4n) is 3.55. The highest BCUT2D eigenvalue weighted by molar-refractivity contribution is 5.97. The monoisotopic (exact) mass is 392 g/mol. The number of aromatic nitrogens is 3. The van der Waals surface area contributed by atoms with Crippen molar-refractivity contribution < 1.29 is 4.92 Å². The summed E-state index contributed by atoms with van der Waals surface area (Å²) in [7, 11) is 0. The van der Waals surface area contributed by atoms with E-state index in [0.717, 1.165) is 39.0 Å². The van der Waals surface area contributed by atoms with Crippen LogP contribution < -0.4 is 0 Å². The van der Waals surface area contributed by atoms with Gasteiger partial charge in [0.25, 0.3) is 5.69 Å². The number of hydrogen-bond acceptors (Lipinski definition) is 4. The van der Waals surface area contributed by atoms with Crippen molar-refractivity contribution in [3.05, 3.63) is 108 Å². The first-order chi connectivity index (χ1) is 14.7. The molecule has 0 aliphatic rings. The SMILES string of the molecule is O=[N+]([O-])c1ccc2nc(-c3ccc(-n4ccnc4)cc3)cc(-c3ccccc3)c2c1. The zero-order valence-corrected chi connectivity index (χ0v) is 15.8. The lowest BCUT2D eigenvalue weighted by atomic mass is 9.98. The molecule has 0 unspecified atom stereocenters. The Bertz CT molecular complexity index is 1350. The number of nitro groups is 1. The fourth-order valence-corrected chi connectivity index (χ4v) is 3.55. The summed E-state index contributed by atoms with van der Waals surface area (Å²) in [5.41, 5.74) is 5.47. The first-order valence-electron chi connectivity index (χ1n) is 9.42. The molecule has 0 atom stereocenters. The Morgan fingerprint density at radius 3 is 2.37 bits per heavy atom. The molecule has 6 nitrogen and oxygen atoms in total. The summed E-state index contributed by atoms with van der Waals surface area (Å²) in [6, 6.07) is 24.7. The van der Waals surface area contributed by atoms with Crippen LogP contribution in [0, 0.1) is 10.1 Å². The van der Waals surface area contributed by atoms with Crippen molar-refractivity contribution in [2.45, 2.75) is 0 Å². The molecule has 144 valence electrons. The standard InChI is InChI=1S/C24H16N4O2/c29-28(30)20-10-11-23-22(14-20)21(17-4-2-1-3-5-17)15-24(26-23)18-6-8-19(9-7-18)27-13-12-25-16-27/h1-16H. The van der Waals surface area contributed by atoms with E-state index in [1.807, 2.05) is 71.4 Å². The molecule has 0 saturated carbocycles. The minimum Gasteiger partial charge on any atom is -0.306 e. The van der Waals surface area contributed by atoms with Crippen LogP contribution in [0.1, 0.15) is 0 Å². The second-order valence-corrected chi connectivity index (χ2v) is 6.90. The van der Waals surface area contributed by atoms with Crippen LogP contribution in [0.2, 0.25) is 0 Å². The summed E-state index contributed by atoms with van der Waals surface area (Å²) in [5, 5.41) is 12.0. The number of nitro benzene ring substituents is 1. The van der Waals surface area contributed by atoms with E-state index >= 15 is 0 Å². The number of fused-ring (bicyclic) bond motifs is 1. The van der Waals surface area contributed by atoms with E-state index in [4.69, 9.17) is 4.98 Å². The second kappa shape index (κ2) is 7.25. The van der Waals surface area contributed by atoms with Gasteiger partial charge in [-0.2, -0.15) is 0 Å². The molecule has 0 saturated heterocycles. The van der Waals surface area contributed by atoms with Crippen LogP contribution in [0.5, 0.6) is 0 Å². The molecular weight excluding hydrogens is 376 g/mol. The summed E-state index contributed by atoms with van der Waals surface area (Å²) in [6.45, 7) is 0. The fraction of sp³-hybridized carbons (Fsp3) is 0. The van der Waals surface area contributed by atoms with Crippen molar-refractivity contribution in [1.29, 1.82) is 0 Å². The Labute approximate surface area is 172 Å². The maximum atomic E-state index is 11.3. The Balaban J connectivity index is 1.68. The van der Waals surface area contributed by atoms with E-state index in [0.29, 0.717) is 0 Å². The third kappa shape index (κ3) is 3.20. The Morgan fingerprint density at radius 1 is 0.867 bits per heavy atom. The van der Waals surface area contributed by atoms with Crippen LogP contribution in [0.25, 0.3) is 39.0 Å². The highest BCUT2D eigenvalue weighted by Crippen LogP contribution is 2.34. The molecule has 0 radical (unpaired) electrons. The topological polar surface area (TPSA) is 73.8 Å². The molecule has 0 amide bonds. The third-order valence-corrected chi connectivity index (χ3v) is 5.05. The van der Waals surface area contributed by atoms with E-state index in [1.165, 1.54) is 6.07 Å². The second-order valence-electron chi connectivity index (χ2n) is 6.90. The number of benzene rings is 3. The zero-order chi connectivity index (χ0) is 20.5. The predicted molar refractivity (Wildman–Crippen MR) is 116 cm³/mol. The molecule has 2 aromatic heterocycles. The van der Waals surface area contributed by atoms with Gasteiger partial charge in [-0.15, -0.1) is 0 Å². The van der Waals surface area contributed by atoms with Crippen LogP contribution in [-0.4, -0.2) is 19.5 Å².